The molecule has 1 aromatic rings. The highest BCUT2D eigenvalue weighted by molar-refractivity contribution is 8.13. The van der Waals surface area contributed by atoms with E-state index in [-0.39, 0.29) is 22.4 Å². The zero-order chi connectivity index (χ0) is 13.3. The van der Waals surface area contributed by atoms with Gasteiger partial charge in [0.05, 0.1) is 10.5 Å². The highest BCUT2D eigenvalue weighted by Gasteiger charge is 2.29. The van der Waals surface area contributed by atoms with Crippen molar-refractivity contribution in [1.82, 2.24) is 4.90 Å². The predicted octanol–water partition coefficient (Wildman–Crippen LogP) is 2.24. The lowest BCUT2D eigenvalue weighted by atomic mass is 9.91. The van der Waals surface area contributed by atoms with Gasteiger partial charge in [0.15, 0.2) is 0 Å². The summed E-state index contributed by atoms with van der Waals surface area (Å²) in [5.74, 6) is -0.292. The van der Waals surface area contributed by atoms with Crippen LogP contribution in [-0.2, 0) is 9.05 Å². The van der Waals surface area contributed by atoms with Crippen LogP contribution in [0.3, 0.4) is 0 Å². The molecule has 2 rings (SSSR count). The molecule has 98 valence electrons. The summed E-state index contributed by atoms with van der Waals surface area (Å²) in [5.41, 5.74) is 0.141. The van der Waals surface area contributed by atoms with Crippen molar-refractivity contribution >= 4 is 25.6 Å². The zero-order valence-corrected chi connectivity index (χ0v) is 11.5. The topological polar surface area (TPSA) is 54.5 Å². The molecule has 1 saturated carbocycles. The Balaban J connectivity index is 2.36. The Kier molecular flexibility index (Phi) is 3.64. The van der Waals surface area contributed by atoms with Crippen molar-refractivity contribution in [2.45, 2.75) is 30.2 Å². The molecule has 0 aromatic heterocycles. The van der Waals surface area contributed by atoms with Gasteiger partial charge in [-0.05, 0) is 31.4 Å². The van der Waals surface area contributed by atoms with Gasteiger partial charge in [-0.3, -0.25) is 4.79 Å². The average molecular weight is 288 g/mol. The molecular weight excluding hydrogens is 274 g/mol. The molecule has 0 aliphatic heterocycles. The smallest absolute Gasteiger partial charge is 0.262 e. The van der Waals surface area contributed by atoms with Gasteiger partial charge >= 0.3 is 0 Å². The van der Waals surface area contributed by atoms with Crippen LogP contribution < -0.4 is 0 Å². The van der Waals surface area contributed by atoms with E-state index >= 15 is 0 Å². The Morgan fingerprint density at radius 3 is 2.44 bits per heavy atom. The first-order chi connectivity index (χ1) is 8.41. The molecular formula is C12H14ClNO3S. The lowest BCUT2D eigenvalue weighted by molar-refractivity contribution is 0.0648. The van der Waals surface area contributed by atoms with Crippen molar-refractivity contribution in [2.24, 2.45) is 0 Å². The van der Waals surface area contributed by atoms with Gasteiger partial charge in [0.2, 0.25) is 0 Å². The molecule has 4 nitrogen and oxygen atoms in total. The van der Waals surface area contributed by atoms with Crippen LogP contribution in [0.15, 0.2) is 29.2 Å². The van der Waals surface area contributed by atoms with E-state index in [9.17, 15) is 13.2 Å². The molecule has 1 aliphatic rings. The lowest BCUT2D eigenvalue weighted by Crippen LogP contribution is -2.41. The van der Waals surface area contributed by atoms with Crippen LogP contribution in [0.4, 0.5) is 0 Å². The van der Waals surface area contributed by atoms with Crippen LogP contribution in [0.2, 0.25) is 0 Å². The summed E-state index contributed by atoms with van der Waals surface area (Å²) in [5, 5.41) is 0. The third kappa shape index (κ3) is 2.52. The van der Waals surface area contributed by atoms with Gasteiger partial charge in [0, 0.05) is 23.8 Å². The van der Waals surface area contributed by atoms with Gasteiger partial charge < -0.3 is 4.90 Å². The second kappa shape index (κ2) is 4.90. The first-order valence-corrected chi connectivity index (χ1v) is 8.03. The number of amides is 1. The molecule has 0 heterocycles. The first-order valence-electron chi connectivity index (χ1n) is 5.72. The maximum atomic E-state index is 12.2. The molecule has 0 bridgehead atoms. The van der Waals surface area contributed by atoms with E-state index in [1.165, 1.54) is 12.1 Å². The molecule has 1 aliphatic carbocycles. The number of hydrogen-bond acceptors (Lipinski definition) is 3. The van der Waals surface area contributed by atoms with Crippen LogP contribution in [0.1, 0.15) is 29.6 Å². The van der Waals surface area contributed by atoms with E-state index in [0.29, 0.717) is 0 Å². The maximum absolute atomic E-state index is 12.2. The molecule has 0 unspecified atom stereocenters. The minimum Gasteiger partial charge on any atom is -0.339 e. The lowest BCUT2D eigenvalue weighted by Gasteiger charge is -2.35. The highest BCUT2D eigenvalue weighted by Crippen LogP contribution is 2.27. The minimum absolute atomic E-state index is 0.122. The molecule has 1 aromatic carbocycles. The molecule has 18 heavy (non-hydrogen) atoms. The highest BCUT2D eigenvalue weighted by atomic mass is 35.7. The Morgan fingerprint density at radius 1 is 1.33 bits per heavy atom. The summed E-state index contributed by atoms with van der Waals surface area (Å²) in [6, 6.07) is 6.24. The predicted molar refractivity (Wildman–Crippen MR) is 69.2 cm³/mol. The number of benzene rings is 1. The van der Waals surface area contributed by atoms with E-state index in [4.69, 9.17) is 10.7 Å². The molecule has 0 N–H and O–H groups in total. The fraction of sp³-hybridized carbons (Fsp3) is 0.417. The van der Waals surface area contributed by atoms with Crippen LogP contribution in [0.25, 0.3) is 0 Å². The SMILES string of the molecule is CN(C(=O)c1ccccc1S(=O)(=O)Cl)C1CCC1. The Labute approximate surface area is 111 Å². The molecule has 1 amide bonds. The van der Waals surface area contributed by atoms with Gasteiger partial charge in [0.25, 0.3) is 15.0 Å². The van der Waals surface area contributed by atoms with E-state index < -0.39 is 9.05 Å². The number of carbonyl (C=O) groups excluding carboxylic acids is 1. The average Bonchev–Trinajstić information content (AvgIpc) is 2.24. The van der Waals surface area contributed by atoms with Crippen molar-refractivity contribution in [1.29, 1.82) is 0 Å². The number of hydrogen-bond donors (Lipinski definition) is 0. The molecule has 0 spiro atoms. The van der Waals surface area contributed by atoms with Gasteiger partial charge in [-0.25, -0.2) is 8.42 Å². The van der Waals surface area contributed by atoms with Crippen molar-refractivity contribution in [3.63, 3.8) is 0 Å². The molecule has 0 radical (unpaired) electrons. The maximum Gasteiger partial charge on any atom is 0.262 e. The summed E-state index contributed by atoms with van der Waals surface area (Å²) in [7, 11) is 3.14. The van der Waals surface area contributed by atoms with Gasteiger partial charge in [-0.2, -0.15) is 0 Å². The van der Waals surface area contributed by atoms with Gasteiger partial charge in [-0.15, -0.1) is 0 Å². The van der Waals surface area contributed by atoms with Crippen molar-refractivity contribution in [2.75, 3.05) is 7.05 Å². The number of carbonyl (C=O) groups is 1. The zero-order valence-electron chi connectivity index (χ0n) is 9.97. The van der Waals surface area contributed by atoms with Crippen molar-refractivity contribution in [3.05, 3.63) is 29.8 Å². The van der Waals surface area contributed by atoms with Crippen LogP contribution >= 0.6 is 10.7 Å². The van der Waals surface area contributed by atoms with Crippen molar-refractivity contribution in [3.8, 4) is 0 Å². The molecule has 1 fully saturated rings. The van der Waals surface area contributed by atoms with Gasteiger partial charge in [-0.1, -0.05) is 12.1 Å². The number of halogens is 1. The Morgan fingerprint density at radius 2 is 1.94 bits per heavy atom. The summed E-state index contributed by atoms with van der Waals surface area (Å²) in [6.45, 7) is 0. The molecule has 0 atom stereocenters. The van der Waals surface area contributed by atoms with E-state index in [1.54, 1.807) is 24.1 Å². The number of nitrogens with zero attached hydrogens (tertiary/aromatic N) is 1. The minimum atomic E-state index is -3.90. The van der Waals surface area contributed by atoms with Crippen molar-refractivity contribution < 1.29 is 13.2 Å². The monoisotopic (exact) mass is 287 g/mol. The van der Waals surface area contributed by atoms with Gasteiger partial charge in [0.1, 0.15) is 0 Å². The third-order valence-electron chi connectivity index (χ3n) is 3.32. The molecule has 0 saturated heterocycles. The largest absolute Gasteiger partial charge is 0.339 e. The van der Waals surface area contributed by atoms with Crippen LogP contribution in [-0.4, -0.2) is 32.3 Å². The van der Waals surface area contributed by atoms with E-state index in [1.807, 2.05) is 0 Å². The summed E-state index contributed by atoms with van der Waals surface area (Å²) in [6.07, 6.45) is 3.05. The Hall–Kier alpha value is -1.07. The molecule has 6 heteroatoms. The van der Waals surface area contributed by atoms with Crippen LogP contribution in [0.5, 0.6) is 0 Å². The fourth-order valence-electron chi connectivity index (χ4n) is 1.99. The second-order valence-electron chi connectivity index (χ2n) is 4.43. The van der Waals surface area contributed by atoms with E-state index in [0.717, 1.165) is 19.3 Å². The second-order valence-corrected chi connectivity index (χ2v) is 6.97. The quantitative estimate of drug-likeness (QED) is 0.801. The number of rotatable bonds is 3. The van der Waals surface area contributed by atoms with Crippen LogP contribution in [0, 0.1) is 0 Å². The normalized spacial score (nSPS) is 16.1. The summed E-state index contributed by atoms with van der Waals surface area (Å²) < 4.78 is 22.9. The summed E-state index contributed by atoms with van der Waals surface area (Å²) in [4.78, 5) is 13.7. The standard InChI is InChI=1S/C12H14ClNO3S/c1-14(9-5-4-6-9)12(15)10-7-2-3-8-11(10)18(13,16)17/h2-3,7-9H,4-6H2,1H3. The third-order valence-corrected chi connectivity index (χ3v) is 4.70. The summed E-state index contributed by atoms with van der Waals surface area (Å²) >= 11 is 0. The van der Waals surface area contributed by atoms with E-state index in [2.05, 4.69) is 0 Å². The fourth-order valence-corrected chi connectivity index (χ4v) is 3.05. The Bertz CT molecular complexity index is 566. The first kappa shape index (κ1) is 13.4.